The van der Waals surface area contributed by atoms with E-state index in [0.717, 1.165) is 5.69 Å². The number of benzene rings is 1. The highest BCUT2D eigenvalue weighted by Gasteiger charge is 2.20. The van der Waals surface area contributed by atoms with Crippen LogP contribution in [0, 0.1) is 18.6 Å². The Labute approximate surface area is 116 Å². The van der Waals surface area contributed by atoms with Gasteiger partial charge in [-0.3, -0.25) is 16.0 Å². The van der Waals surface area contributed by atoms with Crippen molar-refractivity contribution in [1.29, 1.82) is 0 Å². The van der Waals surface area contributed by atoms with E-state index in [1.54, 1.807) is 17.8 Å². The van der Waals surface area contributed by atoms with E-state index in [2.05, 4.69) is 10.5 Å². The Kier molecular flexibility index (Phi) is 4.46. The number of nitrogens with zero attached hydrogens (tertiary/aromatic N) is 2. The molecule has 0 fully saturated rings. The molecular weight excluding hydrogens is 262 g/mol. The van der Waals surface area contributed by atoms with E-state index in [0.29, 0.717) is 18.4 Å². The number of nitrogens with two attached hydrogens (primary N) is 1. The Balaban J connectivity index is 2.21. The van der Waals surface area contributed by atoms with E-state index in [1.807, 2.05) is 13.1 Å². The summed E-state index contributed by atoms with van der Waals surface area (Å²) in [7, 11) is 1.83. The Bertz CT molecular complexity index is 595. The fraction of sp³-hybridized carbons (Fsp3) is 0.357. The van der Waals surface area contributed by atoms with Crippen molar-refractivity contribution in [3.63, 3.8) is 0 Å². The molecule has 1 unspecified atom stereocenters. The molecule has 2 rings (SSSR count). The van der Waals surface area contributed by atoms with E-state index in [4.69, 9.17) is 5.84 Å². The Hall–Kier alpha value is -1.79. The van der Waals surface area contributed by atoms with Gasteiger partial charge in [0.25, 0.3) is 0 Å². The zero-order chi connectivity index (χ0) is 14.7. The lowest BCUT2D eigenvalue weighted by Crippen LogP contribution is -2.30. The average molecular weight is 280 g/mol. The second-order valence-electron chi connectivity index (χ2n) is 4.80. The number of nitrogens with one attached hydrogen (secondary N) is 1. The van der Waals surface area contributed by atoms with Gasteiger partial charge in [0.15, 0.2) is 0 Å². The SMILES string of the molecule is Cc1ccc(F)c(C(CCc2ccnn2C)NN)c1F. The molecule has 20 heavy (non-hydrogen) atoms. The van der Waals surface area contributed by atoms with Gasteiger partial charge in [-0.25, -0.2) is 8.78 Å². The molecular formula is C14H18F2N4. The number of halogens is 2. The molecule has 4 nitrogen and oxygen atoms in total. The standard InChI is InChI=1S/C14H18F2N4/c1-9-3-5-11(15)13(14(9)16)12(19-17)6-4-10-7-8-18-20(10)2/h3,5,7-8,12,19H,4,6,17H2,1-2H3. The van der Waals surface area contributed by atoms with Crippen LogP contribution in [0.3, 0.4) is 0 Å². The van der Waals surface area contributed by atoms with Crippen LogP contribution < -0.4 is 11.3 Å². The zero-order valence-corrected chi connectivity index (χ0v) is 11.5. The Morgan fingerprint density at radius 3 is 2.70 bits per heavy atom. The largest absolute Gasteiger partial charge is 0.273 e. The molecule has 0 bridgehead atoms. The molecule has 0 saturated carbocycles. The van der Waals surface area contributed by atoms with Crippen molar-refractivity contribution in [2.45, 2.75) is 25.8 Å². The van der Waals surface area contributed by atoms with E-state index < -0.39 is 17.7 Å². The molecule has 2 aromatic rings. The van der Waals surface area contributed by atoms with Crippen LogP contribution in [0.15, 0.2) is 24.4 Å². The van der Waals surface area contributed by atoms with Crippen molar-refractivity contribution < 1.29 is 8.78 Å². The summed E-state index contributed by atoms with van der Waals surface area (Å²) in [5, 5.41) is 4.06. The van der Waals surface area contributed by atoms with Crippen molar-refractivity contribution in [2.24, 2.45) is 12.9 Å². The van der Waals surface area contributed by atoms with Crippen LogP contribution in [-0.4, -0.2) is 9.78 Å². The fourth-order valence-electron chi connectivity index (χ4n) is 2.25. The molecule has 1 atom stereocenters. The van der Waals surface area contributed by atoms with Crippen molar-refractivity contribution in [2.75, 3.05) is 0 Å². The van der Waals surface area contributed by atoms with Gasteiger partial charge in [-0.05, 0) is 37.5 Å². The Morgan fingerprint density at radius 1 is 1.35 bits per heavy atom. The van der Waals surface area contributed by atoms with Gasteiger partial charge in [0.05, 0.1) is 6.04 Å². The minimum absolute atomic E-state index is 0.00494. The minimum Gasteiger partial charge on any atom is -0.273 e. The first kappa shape index (κ1) is 14.6. The topological polar surface area (TPSA) is 55.9 Å². The van der Waals surface area contributed by atoms with Crippen LogP contribution in [0.4, 0.5) is 8.78 Å². The molecule has 0 aliphatic heterocycles. The molecule has 108 valence electrons. The summed E-state index contributed by atoms with van der Waals surface area (Å²) in [5.74, 6) is 4.34. The fourth-order valence-corrected chi connectivity index (χ4v) is 2.25. The van der Waals surface area contributed by atoms with Gasteiger partial charge in [0, 0.05) is 24.5 Å². The van der Waals surface area contributed by atoms with Crippen LogP contribution in [0.25, 0.3) is 0 Å². The predicted molar refractivity (Wildman–Crippen MR) is 72.7 cm³/mol. The maximum atomic E-state index is 14.1. The quantitative estimate of drug-likeness (QED) is 0.652. The monoisotopic (exact) mass is 280 g/mol. The maximum Gasteiger partial charge on any atom is 0.133 e. The van der Waals surface area contributed by atoms with E-state index in [9.17, 15) is 8.78 Å². The summed E-state index contributed by atoms with van der Waals surface area (Å²) in [5.41, 5.74) is 3.88. The summed E-state index contributed by atoms with van der Waals surface area (Å²) >= 11 is 0. The molecule has 0 aliphatic carbocycles. The molecule has 6 heteroatoms. The molecule has 1 aromatic heterocycles. The van der Waals surface area contributed by atoms with Crippen molar-refractivity contribution >= 4 is 0 Å². The first-order chi connectivity index (χ1) is 9.54. The highest BCUT2D eigenvalue weighted by atomic mass is 19.1. The maximum absolute atomic E-state index is 14.1. The Morgan fingerprint density at radius 2 is 2.10 bits per heavy atom. The summed E-state index contributed by atoms with van der Waals surface area (Å²) in [6, 6.07) is 3.98. The lowest BCUT2D eigenvalue weighted by Gasteiger charge is -2.18. The van der Waals surface area contributed by atoms with Crippen LogP contribution in [0.5, 0.6) is 0 Å². The van der Waals surface area contributed by atoms with Crippen LogP contribution in [0.2, 0.25) is 0 Å². The van der Waals surface area contributed by atoms with Gasteiger partial charge in [0.1, 0.15) is 11.6 Å². The van der Waals surface area contributed by atoms with Crippen LogP contribution in [-0.2, 0) is 13.5 Å². The number of hydrogen-bond donors (Lipinski definition) is 2. The van der Waals surface area contributed by atoms with E-state index in [1.165, 1.54) is 12.1 Å². The average Bonchev–Trinajstić information content (AvgIpc) is 2.83. The van der Waals surface area contributed by atoms with Gasteiger partial charge in [-0.1, -0.05) is 6.07 Å². The highest BCUT2D eigenvalue weighted by Crippen LogP contribution is 2.26. The van der Waals surface area contributed by atoms with Crippen molar-refractivity contribution in [3.05, 3.63) is 52.9 Å². The summed E-state index contributed by atoms with van der Waals surface area (Å²) in [6.07, 6.45) is 2.79. The van der Waals surface area contributed by atoms with E-state index in [-0.39, 0.29) is 5.56 Å². The molecule has 0 saturated heterocycles. The van der Waals surface area contributed by atoms with Gasteiger partial charge in [-0.15, -0.1) is 0 Å². The lowest BCUT2D eigenvalue weighted by molar-refractivity contribution is 0.448. The zero-order valence-electron chi connectivity index (χ0n) is 11.5. The molecule has 1 heterocycles. The number of hydrogen-bond acceptors (Lipinski definition) is 3. The smallest absolute Gasteiger partial charge is 0.133 e. The molecule has 0 aliphatic rings. The normalized spacial score (nSPS) is 12.7. The summed E-state index contributed by atoms with van der Waals surface area (Å²) < 4.78 is 29.7. The number of rotatable bonds is 5. The van der Waals surface area contributed by atoms with Gasteiger partial charge in [-0.2, -0.15) is 5.10 Å². The van der Waals surface area contributed by atoms with Crippen molar-refractivity contribution in [3.8, 4) is 0 Å². The summed E-state index contributed by atoms with van der Waals surface area (Å²) in [6.45, 7) is 1.60. The highest BCUT2D eigenvalue weighted by molar-refractivity contribution is 5.29. The number of aryl methyl sites for hydroxylation is 3. The lowest BCUT2D eigenvalue weighted by atomic mass is 9.98. The molecule has 0 spiro atoms. The van der Waals surface area contributed by atoms with Gasteiger partial charge < -0.3 is 0 Å². The van der Waals surface area contributed by atoms with Crippen LogP contribution >= 0.6 is 0 Å². The van der Waals surface area contributed by atoms with Gasteiger partial charge >= 0.3 is 0 Å². The van der Waals surface area contributed by atoms with E-state index >= 15 is 0 Å². The number of hydrazine groups is 1. The molecule has 0 radical (unpaired) electrons. The minimum atomic E-state index is -0.582. The molecule has 1 aromatic carbocycles. The third kappa shape index (κ3) is 2.86. The van der Waals surface area contributed by atoms with Crippen LogP contribution in [0.1, 0.15) is 29.3 Å². The number of aromatic nitrogens is 2. The first-order valence-electron chi connectivity index (χ1n) is 6.42. The third-order valence-electron chi connectivity index (χ3n) is 3.48. The molecule has 3 N–H and O–H groups in total. The van der Waals surface area contributed by atoms with Gasteiger partial charge in [0.2, 0.25) is 0 Å². The molecule has 0 amide bonds. The second kappa shape index (κ2) is 6.11. The summed E-state index contributed by atoms with van der Waals surface area (Å²) in [4.78, 5) is 0. The predicted octanol–water partition coefficient (Wildman–Crippen LogP) is 2.14. The third-order valence-corrected chi connectivity index (χ3v) is 3.48. The van der Waals surface area contributed by atoms with Crippen molar-refractivity contribution in [1.82, 2.24) is 15.2 Å². The second-order valence-corrected chi connectivity index (χ2v) is 4.80. The first-order valence-corrected chi connectivity index (χ1v) is 6.42.